The molecule has 150 valence electrons. The first-order chi connectivity index (χ1) is 15.2. The number of fused-ring (bicyclic) bond motifs is 1. The molecular weight excluding hydrogens is 382 g/mol. The summed E-state index contributed by atoms with van der Waals surface area (Å²) < 4.78 is 5.08. The second kappa shape index (κ2) is 7.96. The third-order valence-corrected chi connectivity index (χ3v) is 5.49. The van der Waals surface area contributed by atoms with Crippen LogP contribution in [0, 0.1) is 6.92 Å². The molecule has 3 heteroatoms. The Bertz CT molecular complexity index is 1350. The van der Waals surface area contributed by atoms with Crippen LogP contribution in [0.1, 0.15) is 5.56 Å². The minimum Gasteiger partial charge on any atom is -0.431 e. The van der Waals surface area contributed by atoms with E-state index in [-0.39, 0.29) is 5.63 Å². The Balaban J connectivity index is 1.56. The Labute approximate surface area is 180 Å². The predicted molar refractivity (Wildman–Crippen MR) is 127 cm³/mol. The van der Waals surface area contributed by atoms with E-state index in [2.05, 4.69) is 59.5 Å². The van der Waals surface area contributed by atoms with Crippen LogP contribution in [-0.4, -0.2) is 0 Å². The highest BCUT2D eigenvalue weighted by Gasteiger charge is 2.12. The third-order valence-electron chi connectivity index (χ3n) is 5.49. The van der Waals surface area contributed by atoms with Crippen LogP contribution in [0.3, 0.4) is 0 Å². The maximum absolute atomic E-state index is 12.0. The van der Waals surface area contributed by atoms with Crippen molar-refractivity contribution in [2.45, 2.75) is 6.92 Å². The van der Waals surface area contributed by atoms with Gasteiger partial charge in [-0.2, -0.15) is 0 Å². The van der Waals surface area contributed by atoms with Gasteiger partial charge in [0.2, 0.25) is 0 Å². The van der Waals surface area contributed by atoms with Crippen LogP contribution in [0.4, 0.5) is 17.1 Å². The molecule has 1 aromatic heterocycles. The Morgan fingerprint density at radius 3 is 1.77 bits per heavy atom. The molecule has 0 amide bonds. The molecule has 0 fully saturated rings. The fourth-order valence-electron chi connectivity index (χ4n) is 3.90. The molecule has 5 aromatic rings. The van der Waals surface area contributed by atoms with Crippen LogP contribution < -0.4 is 10.5 Å². The number of anilines is 3. The zero-order chi connectivity index (χ0) is 21.2. The van der Waals surface area contributed by atoms with Gasteiger partial charge in [0.15, 0.2) is 0 Å². The summed E-state index contributed by atoms with van der Waals surface area (Å²) in [4.78, 5) is 14.2. The number of rotatable bonds is 4. The van der Waals surface area contributed by atoms with Crippen molar-refractivity contribution < 1.29 is 4.42 Å². The highest BCUT2D eigenvalue weighted by Crippen LogP contribution is 2.35. The number of hydrogen-bond acceptors (Lipinski definition) is 3. The number of aryl methyl sites for hydroxylation is 1. The fourth-order valence-corrected chi connectivity index (χ4v) is 3.90. The molecule has 0 saturated heterocycles. The molecule has 0 N–H and O–H groups in total. The van der Waals surface area contributed by atoms with E-state index in [4.69, 9.17) is 4.42 Å². The van der Waals surface area contributed by atoms with E-state index in [1.165, 1.54) is 6.26 Å². The Morgan fingerprint density at radius 2 is 1.16 bits per heavy atom. The average molecular weight is 403 g/mol. The smallest absolute Gasteiger partial charge is 0.343 e. The second-order valence-electron chi connectivity index (χ2n) is 7.52. The van der Waals surface area contributed by atoms with E-state index >= 15 is 0 Å². The molecule has 5 rings (SSSR count). The summed E-state index contributed by atoms with van der Waals surface area (Å²) in [7, 11) is 0. The van der Waals surface area contributed by atoms with Crippen LogP contribution in [0.2, 0.25) is 0 Å². The van der Waals surface area contributed by atoms with Crippen LogP contribution in [0.15, 0.2) is 119 Å². The molecule has 1 heterocycles. The lowest BCUT2D eigenvalue weighted by Gasteiger charge is -2.25. The molecule has 0 unspecified atom stereocenters. The minimum absolute atomic E-state index is 0.302. The minimum atomic E-state index is -0.302. The summed E-state index contributed by atoms with van der Waals surface area (Å²) in [5, 5.41) is 1.53. The van der Waals surface area contributed by atoms with E-state index in [1.807, 2.05) is 55.5 Å². The number of hydrogen-bond donors (Lipinski definition) is 0. The van der Waals surface area contributed by atoms with Gasteiger partial charge in [0.1, 0.15) is 0 Å². The van der Waals surface area contributed by atoms with Gasteiger partial charge in [0.25, 0.3) is 0 Å². The highest BCUT2D eigenvalue weighted by molar-refractivity contribution is 5.89. The van der Waals surface area contributed by atoms with E-state index in [0.717, 1.165) is 39.1 Å². The van der Waals surface area contributed by atoms with Gasteiger partial charge in [-0.3, -0.25) is 0 Å². The summed E-state index contributed by atoms with van der Waals surface area (Å²) in [5.74, 6) is 0. The first-order valence-electron chi connectivity index (χ1n) is 10.2. The standard InChI is InChI=1S/C28H21NO2/c1-20-19-31-28(30)26-17-14-22(18-27(20)26)21-12-15-25(16-13-21)29(23-8-4-2-5-9-23)24-10-6-3-7-11-24/h2-19H,1H3. The lowest BCUT2D eigenvalue weighted by Crippen LogP contribution is -2.09. The van der Waals surface area contributed by atoms with Crippen molar-refractivity contribution in [2.75, 3.05) is 4.90 Å². The fraction of sp³-hybridized carbons (Fsp3) is 0.0357. The number of para-hydroxylation sites is 2. The molecule has 0 atom stereocenters. The topological polar surface area (TPSA) is 33.5 Å². The zero-order valence-corrected chi connectivity index (χ0v) is 17.2. The number of nitrogens with zero attached hydrogens (tertiary/aromatic N) is 1. The van der Waals surface area contributed by atoms with Crippen LogP contribution >= 0.6 is 0 Å². The lowest BCUT2D eigenvalue weighted by molar-refractivity contribution is 0.516. The summed E-state index contributed by atoms with van der Waals surface area (Å²) in [5.41, 5.74) is 6.11. The molecule has 0 bridgehead atoms. The van der Waals surface area contributed by atoms with E-state index in [9.17, 15) is 4.79 Å². The van der Waals surface area contributed by atoms with Crippen molar-refractivity contribution in [2.24, 2.45) is 0 Å². The maximum Gasteiger partial charge on any atom is 0.343 e. The monoisotopic (exact) mass is 403 g/mol. The van der Waals surface area contributed by atoms with Crippen molar-refractivity contribution in [3.05, 3.63) is 125 Å². The highest BCUT2D eigenvalue weighted by atomic mass is 16.4. The molecular formula is C28H21NO2. The summed E-state index contributed by atoms with van der Waals surface area (Å²) in [6, 6.07) is 35.1. The lowest BCUT2D eigenvalue weighted by atomic mass is 10.00. The molecule has 4 aromatic carbocycles. The van der Waals surface area contributed by atoms with Gasteiger partial charge in [0.05, 0.1) is 11.6 Å². The first-order valence-corrected chi connectivity index (χ1v) is 10.2. The van der Waals surface area contributed by atoms with Crippen LogP contribution in [0.5, 0.6) is 0 Å². The SMILES string of the molecule is Cc1coc(=O)c2ccc(-c3ccc(N(c4ccccc4)c4ccccc4)cc3)cc12. The number of benzene rings is 4. The van der Waals surface area contributed by atoms with E-state index in [1.54, 1.807) is 0 Å². The second-order valence-corrected chi connectivity index (χ2v) is 7.52. The molecule has 0 radical (unpaired) electrons. The molecule has 0 saturated carbocycles. The van der Waals surface area contributed by atoms with Gasteiger partial charge in [-0.15, -0.1) is 0 Å². The van der Waals surface area contributed by atoms with Gasteiger partial charge >= 0.3 is 5.63 Å². The van der Waals surface area contributed by atoms with Crippen molar-refractivity contribution >= 4 is 27.8 Å². The average Bonchev–Trinajstić information content (AvgIpc) is 2.83. The van der Waals surface area contributed by atoms with Crippen molar-refractivity contribution in [1.29, 1.82) is 0 Å². The van der Waals surface area contributed by atoms with Gasteiger partial charge in [0, 0.05) is 17.1 Å². The molecule has 31 heavy (non-hydrogen) atoms. The quantitative estimate of drug-likeness (QED) is 0.317. The zero-order valence-electron chi connectivity index (χ0n) is 17.2. The normalized spacial score (nSPS) is 10.9. The van der Waals surface area contributed by atoms with Crippen molar-refractivity contribution in [3.63, 3.8) is 0 Å². The summed E-state index contributed by atoms with van der Waals surface area (Å²) >= 11 is 0. The maximum atomic E-state index is 12.0. The first kappa shape index (κ1) is 18.9. The van der Waals surface area contributed by atoms with Crippen molar-refractivity contribution in [3.8, 4) is 11.1 Å². The van der Waals surface area contributed by atoms with E-state index in [0.29, 0.717) is 5.39 Å². The van der Waals surface area contributed by atoms with Gasteiger partial charge in [-0.25, -0.2) is 4.79 Å². The Morgan fingerprint density at radius 1 is 0.613 bits per heavy atom. The largest absolute Gasteiger partial charge is 0.431 e. The molecule has 0 spiro atoms. The van der Waals surface area contributed by atoms with Crippen LogP contribution in [-0.2, 0) is 0 Å². The van der Waals surface area contributed by atoms with Crippen LogP contribution in [0.25, 0.3) is 21.9 Å². The molecule has 0 aliphatic rings. The Kier molecular flexibility index (Phi) is 4.85. The summed E-state index contributed by atoms with van der Waals surface area (Å²) in [6.07, 6.45) is 1.52. The van der Waals surface area contributed by atoms with Gasteiger partial charge in [-0.1, -0.05) is 54.6 Å². The van der Waals surface area contributed by atoms with Gasteiger partial charge in [-0.05, 0) is 77.5 Å². The summed E-state index contributed by atoms with van der Waals surface area (Å²) in [6.45, 7) is 1.95. The molecule has 0 aliphatic carbocycles. The third kappa shape index (κ3) is 3.62. The Hall–Kier alpha value is -4.11. The molecule has 3 nitrogen and oxygen atoms in total. The predicted octanol–water partition coefficient (Wildman–Crippen LogP) is 7.24. The van der Waals surface area contributed by atoms with Crippen molar-refractivity contribution in [1.82, 2.24) is 0 Å². The molecule has 0 aliphatic heterocycles. The van der Waals surface area contributed by atoms with E-state index < -0.39 is 0 Å². The van der Waals surface area contributed by atoms with Gasteiger partial charge < -0.3 is 9.32 Å².